The minimum absolute atomic E-state index is 0.0110. The number of rotatable bonds is 6. The van der Waals surface area contributed by atoms with Gasteiger partial charge in [0, 0.05) is 6.04 Å². The van der Waals surface area contributed by atoms with Crippen molar-refractivity contribution in [1.29, 1.82) is 0 Å². The first-order chi connectivity index (χ1) is 8.44. The molecule has 0 saturated heterocycles. The number of hydrogen-bond donors (Lipinski definition) is 2. The Morgan fingerprint density at radius 3 is 2.39 bits per heavy atom. The molecule has 1 rings (SSSR count). The van der Waals surface area contributed by atoms with E-state index in [1.165, 1.54) is 12.1 Å². The van der Waals surface area contributed by atoms with Crippen LogP contribution < -0.4 is 16.0 Å². The van der Waals surface area contributed by atoms with Gasteiger partial charge in [-0.05, 0) is 30.5 Å². The molecule has 18 heavy (non-hydrogen) atoms. The summed E-state index contributed by atoms with van der Waals surface area (Å²) in [6.45, 7) is 3.60. The Hall–Kier alpha value is -1.53. The minimum atomic E-state index is -4.66. The third kappa shape index (κ3) is 5.20. The van der Waals surface area contributed by atoms with E-state index in [9.17, 15) is 13.2 Å². The van der Waals surface area contributed by atoms with Crippen LogP contribution in [0.3, 0.4) is 0 Å². The maximum atomic E-state index is 11.9. The van der Waals surface area contributed by atoms with Crippen molar-refractivity contribution in [3.63, 3.8) is 0 Å². The quantitative estimate of drug-likeness (QED) is 0.469. The lowest BCUT2D eigenvalue weighted by Crippen LogP contribution is -2.36. The van der Waals surface area contributed by atoms with E-state index in [2.05, 4.69) is 16.7 Å². The van der Waals surface area contributed by atoms with E-state index in [1.54, 1.807) is 18.2 Å². The zero-order valence-corrected chi connectivity index (χ0v) is 9.70. The van der Waals surface area contributed by atoms with Gasteiger partial charge in [0.05, 0.1) is 0 Å². The highest BCUT2D eigenvalue weighted by Gasteiger charge is 2.30. The molecule has 0 aliphatic carbocycles. The van der Waals surface area contributed by atoms with Gasteiger partial charge in [-0.15, -0.1) is 19.8 Å². The first kappa shape index (κ1) is 14.5. The molecule has 3 N–H and O–H groups in total. The predicted molar refractivity (Wildman–Crippen MR) is 62.8 cm³/mol. The molecule has 1 atom stereocenters. The number of nitrogens with one attached hydrogen (secondary N) is 1. The monoisotopic (exact) mass is 260 g/mol. The second-order valence-electron chi connectivity index (χ2n) is 3.78. The summed E-state index contributed by atoms with van der Waals surface area (Å²) in [7, 11) is 0. The van der Waals surface area contributed by atoms with Gasteiger partial charge in [-0.3, -0.25) is 11.3 Å². The molecule has 1 aromatic rings. The van der Waals surface area contributed by atoms with Gasteiger partial charge in [-0.1, -0.05) is 18.2 Å². The Morgan fingerprint density at radius 1 is 1.33 bits per heavy atom. The molecule has 1 unspecified atom stereocenters. The van der Waals surface area contributed by atoms with Crippen molar-refractivity contribution < 1.29 is 17.9 Å². The van der Waals surface area contributed by atoms with Gasteiger partial charge in [0.1, 0.15) is 5.75 Å². The van der Waals surface area contributed by atoms with Crippen LogP contribution in [-0.4, -0.2) is 12.4 Å². The normalized spacial score (nSPS) is 13.1. The van der Waals surface area contributed by atoms with E-state index in [0.29, 0.717) is 12.8 Å². The van der Waals surface area contributed by atoms with Crippen LogP contribution in [-0.2, 0) is 6.42 Å². The summed E-state index contributed by atoms with van der Waals surface area (Å²) in [5, 5.41) is 0. The van der Waals surface area contributed by atoms with E-state index in [-0.39, 0.29) is 11.8 Å². The summed E-state index contributed by atoms with van der Waals surface area (Å²) in [5.41, 5.74) is 3.49. The van der Waals surface area contributed by atoms with Crippen LogP contribution in [0.15, 0.2) is 36.9 Å². The van der Waals surface area contributed by atoms with Crippen molar-refractivity contribution in [2.45, 2.75) is 25.2 Å². The Bertz CT molecular complexity index is 376. The maximum absolute atomic E-state index is 11.9. The van der Waals surface area contributed by atoms with Gasteiger partial charge in [-0.2, -0.15) is 0 Å². The lowest BCUT2D eigenvalue weighted by molar-refractivity contribution is -0.274. The van der Waals surface area contributed by atoms with Crippen molar-refractivity contribution in [2.24, 2.45) is 5.84 Å². The molecule has 0 fully saturated rings. The molecule has 0 saturated carbocycles. The second-order valence-corrected chi connectivity index (χ2v) is 3.78. The summed E-state index contributed by atoms with van der Waals surface area (Å²) in [6.07, 6.45) is -1.65. The number of hydrazine groups is 1. The molecular weight excluding hydrogens is 245 g/mol. The Balaban J connectivity index is 2.62. The van der Waals surface area contributed by atoms with E-state index in [0.717, 1.165) is 5.56 Å². The van der Waals surface area contributed by atoms with Crippen molar-refractivity contribution in [3.8, 4) is 5.75 Å². The first-order valence-electron chi connectivity index (χ1n) is 5.36. The molecule has 0 bridgehead atoms. The molecule has 100 valence electrons. The molecule has 0 aromatic heterocycles. The number of benzene rings is 1. The van der Waals surface area contributed by atoms with Crippen LogP contribution in [0.25, 0.3) is 0 Å². The fourth-order valence-electron chi connectivity index (χ4n) is 1.52. The van der Waals surface area contributed by atoms with Crippen molar-refractivity contribution in [2.75, 3.05) is 0 Å². The fourth-order valence-corrected chi connectivity index (χ4v) is 1.52. The summed E-state index contributed by atoms with van der Waals surface area (Å²) >= 11 is 0. The van der Waals surface area contributed by atoms with Gasteiger partial charge in [0.15, 0.2) is 0 Å². The van der Waals surface area contributed by atoms with Gasteiger partial charge in [0.25, 0.3) is 0 Å². The number of hydrogen-bond acceptors (Lipinski definition) is 3. The molecule has 1 aromatic carbocycles. The molecular formula is C12H15F3N2O. The number of alkyl halides is 3. The van der Waals surface area contributed by atoms with E-state index >= 15 is 0 Å². The standard InChI is InChI=1S/C12H15F3N2O/c1-2-3-10(17-16)8-9-4-6-11(7-5-9)18-12(13,14)15/h2,4-7,10,17H,1,3,8,16H2. The lowest BCUT2D eigenvalue weighted by atomic mass is 10.0. The van der Waals surface area contributed by atoms with Crippen LogP contribution in [0.2, 0.25) is 0 Å². The van der Waals surface area contributed by atoms with Crippen LogP contribution in [0.1, 0.15) is 12.0 Å². The van der Waals surface area contributed by atoms with Crippen LogP contribution in [0.5, 0.6) is 5.75 Å². The Kier molecular flexibility index (Phi) is 5.18. The van der Waals surface area contributed by atoms with Gasteiger partial charge >= 0.3 is 6.36 Å². The van der Waals surface area contributed by atoms with Gasteiger partial charge in [0.2, 0.25) is 0 Å². The molecule has 6 heteroatoms. The van der Waals surface area contributed by atoms with E-state index in [1.807, 2.05) is 0 Å². The van der Waals surface area contributed by atoms with Crippen LogP contribution >= 0.6 is 0 Å². The smallest absolute Gasteiger partial charge is 0.406 e. The molecule has 3 nitrogen and oxygen atoms in total. The lowest BCUT2D eigenvalue weighted by Gasteiger charge is -2.14. The van der Waals surface area contributed by atoms with Crippen LogP contribution in [0, 0.1) is 0 Å². The minimum Gasteiger partial charge on any atom is -0.406 e. The molecule has 0 amide bonds. The average molecular weight is 260 g/mol. The third-order valence-corrected chi connectivity index (χ3v) is 2.33. The van der Waals surface area contributed by atoms with Crippen molar-refractivity contribution in [1.82, 2.24) is 5.43 Å². The van der Waals surface area contributed by atoms with E-state index in [4.69, 9.17) is 5.84 Å². The fraction of sp³-hybridized carbons (Fsp3) is 0.333. The average Bonchev–Trinajstić information content (AvgIpc) is 2.29. The number of halogens is 3. The molecule has 0 radical (unpaired) electrons. The molecule has 0 aliphatic rings. The molecule has 0 aliphatic heterocycles. The topological polar surface area (TPSA) is 47.3 Å². The largest absolute Gasteiger partial charge is 0.573 e. The van der Waals surface area contributed by atoms with Crippen molar-refractivity contribution >= 4 is 0 Å². The van der Waals surface area contributed by atoms with Gasteiger partial charge < -0.3 is 4.74 Å². The van der Waals surface area contributed by atoms with Crippen LogP contribution in [0.4, 0.5) is 13.2 Å². The highest BCUT2D eigenvalue weighted by Crippen LogP contribution is 2.23. The zero-order valence-electron chi connectivity index (χ0n) is 9.70. The third-order valence-electron chi connectivity index (χ3n) is 2.33. The molecule has 0 spiro atoms. The highest BCUT2D eigenvalue weighted by molar-refractivity contribution is 5.28. The summed E-state index contributed by atoms with van der Waals surface area (Å²) in [5.74, 6) is 5.12. The number of ether oxygens (including phenoxy) is 1. The predicted octanol–water partition coefficient (Wildman–Crippen LogP) is 2.54. The Labute approximate surface area is 103 Å². The SMILES string of the molecule is C=CCC(Cc1ccc(OC(F)(F)F)cc1)NN. The summed E-state index contributed by atoms with van der Waals surface area (Å²) in [4.78, 5) is 0. The van der Waals surface area contributed by atoms with Crippen molar-refractivity contribution in [3.05, 3.63) is 42.5 Å². The highest BCUT2D eigenvalue weighted by atomic mass is 19.4. The maximum Gasteiger partial charge on any atom is 0.573 e. The summed E-state index contributed by atoms with van der Waals surface area (Å²) in [6, 6.07) is 5.73. The summed E-state index contributed by atoms with van der Waals surface area (Å²) < 4.78 is 39.6. The second kappa shape index (κ2) is 6.42. The first-order valence-corrected chi connectivity index (χ1v) is 5.36. The Morgan fingerprint density at radius 2 is 1.94 bits per heavy atom. The van der Waals surface area contributed by atoms with E-state index < -0.39 is 6.36 Å². The zero-order chi connectivity index (χ0) is 13.6. The van der Waals surface area contributed by atoms with Gasteiger partial charge in [-0.25, -0.2) is 0 Å². The number of nitrogens with two attached hydrogens (primary N) is 1. The molecule has 0 heterocycles.